The van der Waals surface area contributed by atoms with Crippen molar-refractivity contribution < 1.29 is 36.5 Å². The van der Waals surface area contributed by atoms with E-state index in [2.05, 4.69) is 0 Å². The second-order valence-electron chi connectivity index (χ2n) is 6.68. The fraction of sp³-hybridized carbons (Fsp3) is 0.471. The Labute approximate surface area is 170 Å². The average molecular weight is 459 g/mol. The minimum atomic E-state index is -4.57. The number of cyclic esters (lactones) is 1. The van der Waals surface area contributed by atoms with Crippen LogP contribution < -0.4 is 4.74 Å². The van der Waals surface area contributed by atoms with Gasteiger partial charge in [-0.15, -0.1) is 0 Å². The van der Waals surface area contributed by atoms with E-state index in [4.69, 9.17) is 41.9 Å². The molecule has 0 aliphatic carbocycles. The van der Waals surface area contributed by atoms with Crippen molar-refractivity contribution in [3.63, 3.8) is 0 Å². The second kappa shape index (κ2) is 7.86. The monoisotopic (exact) mass is 458 g/mol. The molecule has 0 bridgehead atoms. The van der Waals surface area contributed by atoms with Crippen LogP contribution in [0.15, 0.2) is 17.9 Å². The molecule has 1 unspecified atom stereocenters. The Kier molecular flexibility index (Phi) is 6.46. The van der Waals surface area contributed by atoms with Crippen LogP contribution in [0.4, 0.5) is 13.2 Å². The highest BCUT2D eigenvalue weighted by molar-refractivity contribution is 8.09. The summed E-state index contributed by atoms with van der Waals surface area (Å²) in [4.78, 5) is 12.6. The van der Waals surface area contributed by atoms with E-state index < -0.39 is 30.8 Å². The lowest BCUT2D eigenvalue weighted by Gasteiger charge is -2.27. The van der Waals surface area contributed by atoms with Crippen LogP contribution in [0.5, 0.6) is 5.75 Å². The highest BCUT2D eigenvalue weighted by atomic mass is 35.5. The van der Waals surface area contributed by atoms with Crippen molar-refractivity contribution in [2.45, 2.75) is 32.5 Å². The van der Waals surface area contributed by atoms with Crippen LogP contribution in [0, 0.1) is 6.92 Å². The number of benzene rings is 1. The molecule has 0 saturated carbocycles. The zero-order valence-corrected chi connectivity index (χ0v) is 18.2. The number of alkyl halides is 3. The summed E-state index contributed by atoms with van der Waals surface area (Å²) in [7, 11) is 1.40. The molecule has 1 aromatic rings. The van der Waals surface area contributed by atoms with Gasteiger partial charge in [0.2, 0.25) is 6.49 Å². The molecule has 0 saturated heterocycles. The summed E-state index contributed by atoms with van der Waals surface area (Å²) in [6, 6.07) is 3.28. The standard InChI is InChI=1S/C17H19ClF3O5PS/c1-9-6-10(18)12(11(7-9)23-4)13-14(16(2,3)25-15(13)22)26-27(5,28)24-8-17(19,20)21/h6-7H,8H2,1-5H3. The number of carbonyl (C=O) groups excluding carboxylic acids is 1. The SMILES string of the molecule is COc1cc(C)cc(Cl)c1C1=C(OP(C)(=S)OCC(F)(F)F)C(C)(C)OC1=O. The van der Waals surface area contributed by atoms with E-state index in [1.165, 1.54) is 27.6 Å². The van der Waals surface area contributed by atoms with Crippen LogP contribution in [0.3, 0.4) is 0 Å². The maximum atomic E-state index is 12.6. The predicted octanol–water partition coefficient (Wildman–Crippen LogP) is 5.24. The van der Waals surface area contributed by atoms with Crippen molar-refractivity contribution in [2.24, 2.45) is 0 Å². The van der Waals surface area contributed by atoms with Crippen molar-refractivity contribution in [2.75, 3.05) is 20.4 Å². The van der Waals surface area contributed by atoms with Gasteiger partial charge >= 0.3 is 12.1 Å². The molecule has 0 spiro atoms. The van der Waals surface area contributed by atoms with Gasteiger partial charge in [0.05, 0.1) is 17.7 Å². The first kappa shape index (κ1) is 23.0. The molecule has 28 heavy (non-hydrogen) atoms. The lowest BCUT2D eigenvalue weighted by molar-refractivity contribution is -0.153. The summed E-state index contributed by atoms with van der Waals surface area (Å²) in [5.41, 5.74) is -0.342. The molecule has 1 aliphatic rings. The van der Waals surface area contributed by atoms with E-state index in [1.54, 1.807) is 19.1 Å². The quantitative estimate of drug-likeness (QED) is 0.429. The lowest BCUT2D eigenvalue weighted by Crippen LogP contribution is -2.24. The molecule has 2 rings (SSSR count). The smallest absolute Gasteiger partial charge is 0.412 e. The van der Waals surface area contributed by atoms with Crippen molar-refractivity contribution >= 4 is 41.4 Å². The lowest BCUT2D eigenvalue weighted by atomic mass is 9.98. The summed E-state index contributed by atoms with van der Waals surface area (Å²) in [5, 5.41) is 0.197. The third-order valence-corrected chi connectivity index (χ3v) is 5.66. The topological polar surface area (TPSA) is 54.0 Å². The summed E-state index contributed by atoms with van der Waals surface area (Å²) >= 11 is 11.4. The molecule has 0 amide bonds. The van der Waals surface area contributed by atoms with Crippen LogP contribution in [0.2, 0.25) is 5.02 Å². The summed E-state index contributed by atoms with van der Waals surface area (Å²) < 4.78 is 58.6. The molecule has 1 aliphatic heterocycles. The fourth-order valence-electron chi connectivity index (χ4n) is 2.59. The van der Waals surface area contributed by atoms with Crippen LogP contribution in [-0.4, -0.2) is 38.1 Å². The Morgan fingerprint density at radius 3 is 2.46 bits per heavy atom. The Morgan fingerprint density at radius 1 is 1.32 bits per heavy atom. The minimum absolute atomic E-state index is 0.0467. The molecule has 1 aromatic carbocycles. The van der Waals surface area contributed by atoms with Crippen LogP contribution in [0.25, 0.3) is 5.57 Å². The van der Waals surface area contributed by atoms with E-state index >= 15 is 0 Å². The van der Waals surface area contributed by atoms with E-state index in [9.17, 15) is 18.0 Å². The van der Waals surface area contributed by atoms with Gasteiger partial charge in [0.15, 0.2) is 18.0 Å². The maximum Gasteiger partial charge on any atom is 0.412 e. The summed E-state index contributed by atoms with van der Waals surface area (Å²) in [6.07, 6.45) is -4.57. The van der Waals surface area contributed by atoms with Crippen molar-refractivity contribution in [3.8, 4) is 5.75 Å². The van der Waals surface area contributed by atoms with Gasteiger partial charge in [-0.05, 0) is 50.3 Å². The zero-order chi connectivity index (χ0) is 21.5. The molecule has 0 fully saturated rings. The Balaban J connectivity index is 2.59. The number of hydrogen-bond donors (Lipinski definition) is 0. The van der Waals surface area contributed by atoms with Crippen LogP contribution in [-0.2, 0) is 30.4 Å². The number of halogens is 4. The number of esters is 1. The first-order chi connectivity index (χ1) is 12.7. The van der Waals surface area contributed by atoms with Gasteiger partial charge < -0.3 is 18.5 Å². The first-order valence-corrected chi connectivity index (χ1v) is 11.4. The number of rotatable bonds is 6. The van der Waals surface area contributed by atoms with Crippen LogP contribution in [0.1, 0.15) is 25.0 Å². The maximum absolute atomic E-state index is 12.6. The third kappa shape index (κ3) is 5.20. The predicted molar refractivity (Wildman–Crippen MR) is 103 cm³/mol. The van der Waals surface area contributed by atoms with Crippen molar-refractivity contribution in [1.29, 1.82) is 0 Å². The minimum Gasteiger partial charge on any atom is -0.496 e. The molecule has 1 heterocycles. The molecule has 11 heteroatoms. The molecular formula is C17H19ClF3O5PS. The van der Waals surface area contributed by atoms with Gasteiger partial charge in [0.25, 0.3) is 0 Å². The van der Waals surface area contributed by atoms with E-state index in [0.29, 0.717) is 0 Å². The fourth-order valence-corrected chi connectivity index (χ4v) is 4.41. The third-order valence-electron chi connectivity index (χ3n) is 3.71. The average Bonchev–Trinajstić information content (AvgIpc) is 2.73. The normalized spacial score (nSPS) is 18.7. The Bertz CT molecular complexity index is 882. The van der Waals surface area contributed by atoms with Gasteiger partial charge in [-0.1, -0.05) is 11.6 Å². The van der Waals surface area contributed by atoms with E-state index in [0.717, 1.165) is 5.56 Å². The van der Waals surface area contributed by atoms with Crippen molar-refractivity contribution in [3.05, 3.63) is 34.0 Å². The highest BCUT2D eigenvalue weighted by Crippen LogP contribution is 2.54. The Hall–Kier alpha value is -1.28. The Morgan fingerprint density at radius 2 is 1.93 bits per heavy atom. The van der Waals surface area contributed by atoms with E-state index in [-0.39, 0.29) is 27.7 Å². The summed E-state index contributed by atoms with van der Waals surface area (Å²) in [6.45, 7) is 1.11. The first-order valence-electron chi connectivity index (χ1n) is 7.98. The number of methoxy groups -OCH3 is 1. The molecule has 0 aromatic heterocycles. The molecule has 0 N–H and O–H groups in total. The molecule has 156 valence electrons. The van der Waals surface area contributed by atoms with Gasteiger partial charge in [0, 0.05) is 6.66 Å². The van der Waals surface area contributed by atoms with Crippen molar-refractivity contribution in [1.82, 2.24) is 0 Å². The van der Waals surface area contributed by atoms with E-state index in [1.807, 2.05) is 0 Å². The van der Waals surface area contributed by atoms with Gasteiger partial charge in [0.1, 0.15) is 11.3 Å². The second-order valence-corrected chi connectivity index (χ2v) is 11.1. The number of carbonyl (C=O) groups is 1. The zero-order valence-electron chi connectivity index (χ0n) is 15.8. The van der Waals surface area contributed by atoms with Gasteiger partial charge in [-0.2, -0.15) is 13.2 Å². The van der Waals surface area contributed by atoms with Gasteiger partial charge in [-0.3, -0.25) is 0 Å². The number of ether oxygens (including phenoxy) is 2. The summed E-state index contributed by atoms with van der Waals surface area (Å²) in [5.74, 6) is -0.513. The highest BCUT2D eigenvalue weighted by Gasteiger charge is 2.46. The molecule has 1 atom stereocenters. The largest absolute Gasteiger partial charge is 0.496 e. The van der Waals surface area contributed by atoms with Gasteiger partial charge in [-0.25, -0.2) is 4.79 Å². The molecule has 5 nitrogen and oxygen atoms in total. The molecule has 0 radical (unpaired) electrons. The molecular weight excluding hydrogens is 440 g/mol. The van der Waals surface area contributed by atoms with Crippen LogP contribution >= 0.6 is 18.1 Å². The number of aryl methyl sites for hydroxylation is 1. The number of hydrogen-bond acceptors (Lipinski definition) is 6.